The predicted octanol–water partition coefficient (Wildman–Crippen LogP) is 4.09. The molecule has 0 aliphatic carbocycles. The van der Waals surface area contributed by atoms with Gasteiger partial charge in [-0.15, -0.1) is 0 Å². The van der Waals surface area contributed by atoms with E-state index < -0.39 is 0 Å². The van der Waals surface area contributed by atoms with Gasteiger partial charge in [0.05, 0.1) is 0 Å². The molecule has 0 spiro atoms. The van der Waals surface area contributed by atoms with Crippen molar-refractivity contribution in [2.24, 2.45) is 11.7 Å². The lowest BCUT2D eigenvalue weighted by Gasteiger charge is -2.06. The van der Waals surface area contributed by atoms with Gasteiger partial charge in [0.1, 0.15) is 0 Å². The lowest BCUT2D eigenvalue weighted by molar-refractivity contribution is 0.514. The van der Waals surface area contributed by atoms with Gasteiger partial charge in [0.25, 0.3) is 0 Å². The molecule has 0 aliphatic heterocycles. The topological polar surface area (TPSA) is 38.0 Å². The first kappa shape index (κ1) is 17.9. The molecule has 0 saturated carbocycles. The lowest BCUT2D eigenvalue weighted by Crippen LogP contribution is -2.17. The second-order valence-electron chi connectivity index (χ2n) is 5.90. The van der Waals surface area contributed by atoms with E-state index in [9.17, 15) is 0 Å². The quantitative estimate of drug-likeness (QED) is 0.459. The van der Waals surface area contributed by atoms with Crippen molar-refractivity contribution in [1.29, 1.82) is 0 Å². The normalized spacial score (nSPS) is 11.3. The van der Waals surface area contributed by atoms with Crippen molar-refractivity contribution in [3.8, 4) is 0 Å². The number of nitrogens with two attached hydrogens (primary N) is 1. The summed E-state index contributed by atoms with van der Waals surface area (Å²) in [7, 11) is 0. The number of unbranched alkanes of at least 4 members (excludes halogenated alkanes) is 8. The number of hydrogen-bond donors (Lipinski definition) is 2. The van der Waals surface area contributed by atoms with Crippen LogP contribution in [0.1, 0.15) is 78.1 Å². The van der Waals surface area contributed by atoms with Crippen LogP contribution in [0.25, 0.3) is 0 Å². The van der Waals surface area contributed by atoms with Crippen molar-refractivity contribution in [1.82, 2.24) is 5.32 Å². The summed E-state index contributed by atoms with van der Waals surface area (Å²) >= 11 is 0. The van der Waals surface area contributed by atoms with E-state index in [1.807, 2.05) is 0 Å². The Balaban J connectivity index is 2.90. The summed E-state index contributed by atoms with van der Waals surface area (Å²) in [6.45, 7) is 7.84. The van der Waals surface area contributed by atoms with Gasteiger partial charge in [-0.25, -0.2) is 0 Å². The summed E-state index contributed by atoms with van der Waals surface area (Å²) in [5.41, 5.74) is 5.47. The lowest BCUT2D eigenvalue weighted by atomic mass is 10.1. The molecular formula is C16H36N2. The molecule has 0 saturated heterocycles. The molecule has 0 atom stereocenters. The van der Waals surface area contributed by atoms with Crippen molar-refractivity contribution in [2.45, 2.75) is 78.1 Å². The maximum atomic E-state index is 5.47. The van der Waals surface area contributed by atoms with Crippen molar-refractivity contribution in [3.63, 3.8) is 0 Å². The third-order valence-corrected chi connectivity index (χ3v) is 3.46. The van der Waals surface area contributed by atoms with E-state index in [0.29, 0.717) is 0 Å². The van der Waals surface area contributed by atoms with Crippen molar-refractivity contribution >= 4 is 0 Å². The van der Waals surface area contributed by atoms with Crippen LogP contribution in [0.15, 0.2) is 0 Å². The average molecular weight is 256 g/mol. The molecule has 110 valence electrons. The van der Waals surface area contributed by atoms with E-state index in [0.717, 1.165) is 12.5 Å². The average Bonchev–Trinajstić information content (AvgIpc) is 2.34. The van der Waals surface area contributed by atoms with Crippen LogP contribution in [0.3, 0.4) is 0 Å². The molecule has 0 radical (unpaired) electrons. The second kappa shape index (κ2) is 15.0. The highest BCUT2D eigenvalue weighted by molar-refractivity contribution is 4.52. The fraction of sp³-hybridized carbons (Fsp3) is 1.00. The van der Waals surface area contributed by atoms with Crippen LogP contribution in [0.4, 0.5) is 0 Å². The summed E-state index contributed by atoms with van der Waals surface area (Å²) in [6, 6.07) is 0. The van der Waals surface area contributed by atoms with Crippen LogP contribution in [-0.4, -0.2) is 19.6 Å². The Kier molecular flexibility index (Phi) is 14.9. The van der Waals surface area contributed by atoms with Gasteiger partial charge in [0.2, 0.25) is 0 Å². The van der Waals surface area contributed by atoms with E-state index >= 15 is 0 Å². The second-order valence-corrected chi connectivity index (χ2v) is 5.90. The van der Waals surface area contributed by atoms with Gasteiger partial charge < -0.3 is 11.1 Å². The zero-order valence-corrected chi connectivity index (χ0v) is 12.8. The summed E-state index contributed by atoms with van der Waals surface area (Å²) in [6.07, 6.45) is 13.7. The minimum atomic E-state index is 0.830. The Morgan fingerprint density at radius 3 is 1.72 bits per heavy atom. The maximum Gasteiger partial charge on any atom is -0.00465 e. The Morgan fingerprint density at radius 2 is 1.22 bits per heavy atom. The van der Waals surface area contributed by atoms with Crippen LogP contribution in [-0.2, 0) is 0 Å². The number of nitrogens with one attached hydrogen (secondary N) is 1. The molecule has 0 heterocycles. The van der Waals surface area contributed by atoms with Crippen molar-refractivity contribution in [3.05, 3.63) is 0 Å². The van der Waals surface area contributed by atoms with E-state index in [2.05, 4.69) is 19.2 Å². The molecule has 0 unspecified atom stereocenters. The Labute approximate surface area is 115 Å². The standard InChI is InChI=1S/C16H36N2/c1-16(2)12-15-18-14-11-9-7-5-3-4-6-8-10-13-17/h16,18H,3-15,17H2,1-2H3. The first-order valence-corrected chi connectivity index (χ1v) is 8.18. The Hall–Kier alpha value is -0.0800. The zero-order valence-electron chi connectivity index (χ0n) is 12.8. The van der Waals surface area contributed by atoms with E-state index in [-0.39, 0.29) is 0 Å². The smallest absolute Gasteiger partial charge is 0.00465 e. The van der Waals surface area contributed by atoms with Crippen LogP contribution in [0.5, 0.6) is 0 Å². The molecule has 0 amide bonds. The summed E-state index contributed by atoms with van der Waals surface area (Å²) in [5, 5.41) is 3.53. The first-order valence-electron chi connectivity index (χ1n) is 8.18. The predicted molar refractivity (Wildman–Crippen MR) is 82.9 cm³/mol. The summed E-state index contributed by atoms with van der Waals surface area (Å²) < 4.78 is 0. The Morgan fingerprint density at radius 1 is 0.722 bits per heavy atom. The van der Waals surface area contributed by atoms with Gasteiger partial charge in [-0.1, -0.05) is 58.8 Å². The molecule has 0 rings (SSSR count). The van der Waals surface area contributed by atoms with E-state index in [1.165, 1.54) is 77.3 Å². The van der Waals surface area contributed by atoms with Gasteiger partial charge in [-0.3, -0.25) is 0 Å². The van der Waals surface area contributed by atoms with Gasteiger partial charge in [0.15, 0.2) is 0 Å². The SMILES string of the molecule is CC(C)CCNCCCCCCCCCCCN. The minimum absolute atomic E-state index is 0.830. The molecule has 18 heavy (non-hydrogen) atoms. The number of rotatable bonds is 14. The molecule has 0 aromatic carbocycles. The van der Waals surface area contributed by atoms with E-state index in [4.69, 9.17) is 5.73 Å². The Bertz CT molecular complexity index is 146. The van der Waals surface area contributed by atoms with Crippen LogP contribution < -0.4 is 11.1 Å². The van der Waals surface area contributed by atoms with Gasteiger partial charge in [0, 0.05) is 0 Å². The molecule has 0 aromatic heterocycles. The third kappa shape index (κ3) is 15.9. The van der Waals surface area contributed by atoms with Gasteiger partial charge >= 0.3 is 0 Å². The van der Waals surface area contributed by atoms with E-state index in [1.54, 1.807) is 0 Å². The molecule has 0 aromatic rings. The molecule has 0 fully saturated rings. The minimum Gasteiger partial charge on any atom is -0.330 e. The zero-order chi connectivity index (χ0) is 13.5. The van der Waals surface area contributed by atoms with Gasteiger partial charge in [-0.05, 0) is 44.8 Å². The molecule has 0 bridgehead atoms. The fourth-order valence-electron chi connectivity index (χ4n) is 2.15. The third-order valence-electron chi connectivity index (χ3n) is 3.46. The highest BCUT2D eigenvalue weighted by Gasteiger charge is 1.94. The maximum absolute atomic E-state index is 5.47. The number of hydrogen-bond acceptors (Lipinski definition) is 2. The molecular weight excluding hydrogens is 220 g/mol. The summed E-state index contributed by atoms with van der Waals surface area (Å²) in [5.74, 6) is 0.830. The molecule has 2 heteroatoms. The van der Waals surface area contributed by atoms with Crippen molar-refractivity contribution < 1.29 is 0 Å². The molecule has 0 aliphatic rings. The highest BCUT2D eigenvalue weighted by Crippen LogP contribution is 2.09. The monoisotopic (exact) mass is 256 g/mol. The van der Waals surface area contributed by atoms with Crippen molar-refractivity contribution in [2.75, 3.05) is 19.6 Å². The van der Waals surface area contributed by atoms with Crippen LogP contribution in [0.2, 0.25) is 0 Å². The largest absolute Gasteiger partial charge is 0.330 e. The summed E-state index contributed by atoms with van der Waals surface area (Å²) in [4.78, 5) is 0. The van der Waals surface area contributed by atoms with Crippen LogP contribution >= 0.6 is 0 Å². The van der Waals surface area contributed by atoms with Crippen LogP contribution in [0, 0.1) is 5.92 Å². The highest BCUT2D eigenvalue weighted by atomic mass is 14.8. The first-order chi connectivity index (χ1) is 8.77. The van der Waals surface area contributed by atoms with Gasteiger partial charge in [-0.2, -0.15) is 0 Å². The fourth-order valence-corrected chi connectivity index (χ4v) is 2.15. The molecule has 2 nitrogen and oxygen atoms in total. The molecule has 3 N–H and O–H groups in total.